The monoisotopic (exact) mass is 327 g/mol. The highest BCUT2D eigenvalue weighted by Crippen LogP contribution is 2.33. The van der Waals surface area contributed by atoms with Gasteiger partial charge in [0.15, 0.2) is 0 Å². The van der Waals surface area contributed by atoms with Crippen molar-refractivity contribution in [3.63, 3.8) is 0 Å². The molecule has 8 heteroatoms. The molecule has 4 N–H and O–H groups in total. The van der Waals surface area contributed by atoms with Crippen molar-refractivity contribution in [2.45, 2.75) is 13.1 Å². The van der Waals surface area contributed by atoms with Gasteiger partial charge < -0.3 is 16.4 Å². The third-order valence-electron chi connectivity index (χ3n) is 3.07. The molecule has 0 bridgehead atoms. The van der Waals surface area contributed by atoms with E-state index in [0.29, 0.717) is 23.5 Å². The van der Waals surface area contributed by atoms with Crippen molar-refractivity contribution in [3.05, 3.63) is 53.3 Å². The normalized spacial score (nSPS) is 11.2. The number of amides is 2. The first-order valence-corrected chi connectivity index (χ1v) is 6.47. The van der Waals surface area contributed by atoms with Crippen molar-refractivity contribution < 1.29 is 22.4 Å². The number of hydrogen-bond donors (Lipinski definition) is 3. The smallest absolute Gasteiger partial charge is 0.398 e. The van der Waals surface area contributed by atoms with E-state index >= 15 is 0 Å². The molecule has 0 radical (unpaired) electrons. The molecule has 0 aromatic heterocycles. The van der Waals surface area contributed by atoms with E-state index in [4.69, 9.17) is 5.73 Å². The SMILES string of the molecule is Cc1ccc(NC(=O)Nc2ccc(F)c(C(F)(F)F)c2)cc1N. The van der Waals surface area contributed by atoms with Gasteiger partial charge in [0.2, 0.25) is 0 Å². The Hall–Kier alpha value is -2.77. The van der Waals surface area contributed by atoms with Gasteiger partial charge in [0.1, 0.15) is 5.82 Å². The average molecular weight is 327 g/mol. The number of benzene rings is 2. The fourth-order valence-electron chi connectivity index (χ4n) is 1.83. The first kappa shape index (κ1) is 16.6. The summed E-state index contributed by atoms with van der Waals surface area (Å²) >= 11 is 0. The van der Waals surface area contributed by atoms with Gasteiger partial charge in [-0.25, -0.2) is 9.18 Å². The highest BCUT2D eigenvalue weighted by atomic mass is 19.4. The maximum atomic E-state index is 13.2. The fourth-order valence-corrected chi connectivity index (χ4v) is 1.83. The van der Waals surface area contributed by atoms with Crippen LogP contribution in [-0.4, -0.2) is 6.03 Å². The van der Waals surface area contributed by atoms with Crippen LogP contribution in [0.15, 0.2) is 36.4 Å². The Morgan fingerprint density at radius 1 is 1.04 bits per heavy atom. The van der Waals surface area contributed by atoms with Crippen molar-refractivity contribution >= 4 is 23.1 Å². The van der Waals surface area contributed by atoms with E-state index in [0.717, 1.165) is 11.6 Å². The second-order valence-corrected chi connectivity index (χ2v) is 4.84. The molecule has 0 fully saturated rings. The van der Waals surface area contributed by atoms with Crippen molar-refractivity contribution in [1.82, 2.24) is 0 Å². The second-order valence-electron chi connectivity index (χ2n) is 4.84. The number of halogens is 4. The van der Waals surface area contributed by atoms with Crippen LogP contribution in [0.4, 0.5) is 39.4 Å². The number of hydrogen-bond acceptors (Lipinski definition) is 2. The Morgan fingerprint density at radius 3 is 2.17 bits per heavy atom. The molecule has 0 aliphatic rings. The topological polar surface area (TPSA) is 67.2 Å². The predicted molar refractivity (Wildman–Crippen MR) is 79.6 cm³/mol. The molecule has 0 aliphatic heterocycles. The molecule has 23 heavy (non-hydrogen) atoms. The number of alkyl halides is 3. The predicted octanol–water partition coefficient (Wildman–Crippen LogP) is 4.38. The fraction of sp³-hybridized carbons (Fsp3) is 0.133. The van der Waals surface area contributed by atoms with Gasteiger partial charge >= 0.3 is 12.2 Å². The Kier molecular flexibility index (Phi) is 4.44. The number of nitrogen functional groups attached to an aromatic ring is 1. The number of nitrogens with two attached hydrogens (primary N) is 1. The van der Waals surface area contributed by atoms with Crippen molar-refractivity contribution in [2.75, 3.05) is 16.4 Å². The van der Waals surface area contributed by atoms with Crippen LogP contribution in [-0.2, 0) is 6.18 Å². The summed E-state index contributed by atoms with van der Waals surface area (Å²) in [4.78, 5) is 11.8. The summed E-state index contributed by atoms with van der Waals surface area (Å²) in [7, 11) is 0. The summed E-state index contributed by atoms with van der Waals surface area (Å²) in [6, 6.07) is 6.23. The molecule has 0 saturated carbocycles. The van der Waals surface area contributed by atoms with E-state index in [9.17, 15) is 22.4 Å². The van der Waals surface area contributed by atoms with Gasteiger partial charge in [-0.05, 0) is 42.8 Å². The third kappa shape index (κ3) is 4.12. The van der Waals surface area contributed by atoms with Gasteiger partial charge in [0.05, 0.1) is 5.56 Å². The van der Waals surface area contributed by atoms with Gasteiger partial charge in [0.25, 0.3) is 0 Å². The molecule has 2 rings (SSSR count). The molecule has 122 valence electrons. The van der Waals surface area contributed by atoms with Crippen LogP contribution in [0.2, 0.25) is 0 Å². The molecular formula is C15H13F4N3O. The number of nitrogens with one attached hydrogen (secondary N) is 2. The van der Waals surface area contributed by atoms with Crippen molar-refractivity contribution in [2.24, 2.45) is 0 Å². The molecule has 0 saturated heterocycles. The molecule has 0 heterocycles. The van der Waals surface area contributed by atoms with Crippen LogP contribution in [0.1, 0.15) is 11.1 Å². The van der Waals surface area contributed by atoms with Crippen molar-refractivity contribution in [1.29, 1.82) is 0 Å². The van der Waals surface area contributed by atoms with E-state index in [1.54, 1.807) is 19.1 Å². The average Bonchev–Trinajstić information content (AvgIpc) is 2.44. The Balaban J connectivity index is 2.12. The summed E-state index contributed by atoms with van der Waals surface area (Å²) in [5, 5.41) is 4.63. The highest BCUT2D eigenvalue weighted by Gasteiger charge is 2.34. The molecular weight excluding hydrogens is 314 g/mol. The highest BCUT2D eigenvalue weighted by molar-refractivity contribution is 6.00. The van der Waals surface area contributed by atoms with Gasteiger partial charge in [-0.2, -0.15) is 13.2 Å². The zero-order chi connectivity index (χ0) is 17.2. The lowest BCUT2D eigenvalue weighted by molar-refractivity contribution is -0.139. The number of anilines is 3. The van der Waals surface area contributed by atoms with Gasteiger partial charge in [-0.15, -0.1) is 0 Å². The summed E-state index contributed by atoms with van der Waals surface area (Å²) in [5.41, 5.74) is 5.73. The van der Waals surface area contributed by atoms with E-state index < -0.39 is 23.6 Å². The van der Waals surface area contributed by atoms with E-state index in [1.165, 1.54) is 6.07 Å². The quantitative estimate of drug-likeness (QED) is 0.566. The number of urea groups is 1. The molecule has 0 aliphatic carbocycles. The lowest BCUT2D eigenvalue weighted by Gasteiger charge is -2.12. The largest absolute Gasteiger partial charge is 0.419 e. The minimum atomic E-state index is -4.84. The van der Waals surface area contributed by atoms with E-state index in [1.807, 2.05) is 0 Å². The minimum Gasteiger partial charge on any atom is -0.398 e. The molecule has 0 atom stereocenters. The lowest BCUT2D eigenvalue weighted by atomic mass is 10.2. The molecule has 2 amide bonds. The molecule has 0 unspecified atom stereocenters. The standard InChI is InChI=1S/C15H13F4N3O/c1-8-2-3-10(7-13(8)20)22-14(23)21-9-4-5-12(16)11(6-9)15(17,18)19/h2-7H,20H2,1H3,(H2,21,22,23). The summed E-state index contributed by atoms with van der Waals surface area (Å²) < 4.78 is 51.0. The van der Waals surface area contributed by atoms with E-state index in [2.05, 4.69) is 10.6 Å². The molecule has 2 aromatic carbocycles. The van der Waals surface area contributed by atoms with Crippen LogP contribution < -0.4 is 16.4 Å². The zero-order valence-electron chi connectivity index (χ0n) is 12.0. The number of carbonyl (C=O) groups is 1. The van der Waals surface area contributed by atoms with E-state index in [-0.39, 0.29) is 5.69 Å². The van der Waals surface area contributed by atoms with Gasteiger partial charge in [-0.3, -0.25) is 0 Å². The van der Waals surface area contributed by atoms with Gasteiger partial charge in [0, 0.05) is 17.1 Å². The van der Waals surface area contributed by atoms with Crippen LogP contribution in [0.25, 0.3) is 0 Å². The number of aryl methyl sites for hydroxylation is 1. The van der Waals surface area contributed by atoms with Gasteiger partial charge in [-0.1, -0.05) is 6.07 Å². The van der Waals surface area contributed by atoms with Crippen molar-refractivity contribution in [3.8, 4) is 0 Å². The summed E-state index contributed by atoms with van der Waals surface area (Å²) in [5.74, 6) is -1.41. The molecule has 4 nitrogen and oxygen atoms in total. The minimum absolute atomic E-state index is 0.184. The maximum Gasteiger partial charge on any atom is 0.419 e. The number of rotatable bonds is 2. The van der Waals surface area contributed by atoms with Crippen LogP contribution >= 0.6 is 0 Å². The van der Waals surface area contributed by atoms with Crippen LogP contribution in [0, 0.1) is 12.7 Å². The first-order chi connectivity index (χ1) is 10.7. The second kappa shape index (κ2) is 6.15. The van der Waals surface area contributed by atoms with Crippen LogP contribution in [0.3, 0.4) is 0 Å². The molecule has 0 spiro atoms. The van der Waals surface area contributed by atoms with Crippen LogP contribution in [0.5, 0.6) is 0 Å². The third-order valence-corrected chi connectivity index (χ3v) is 3.07. The maximum absolute atomic E-state index is 13.2. The Morgan fingerprint density at radius 2 is 1.61 bits per heavy atom. The Labute approximate surface area is 129 Å². The lowest BCUT2D eigenvalue weighted by Crippen LogP contribution is -2.20. The summed E-state index contributed by atoms with van der Waals surface area (Å²) in [6.45, 7) is 1.79. The number of carbonyl (C=O) groups excluding carboxylic acids is 1. The first-order valence-electron chi connectivity index (χ1n) is 6.47. The summed E-state index contributed by atoms with van der Waals surface area (Å²) in [6.07, 6.45) is -4.84. The molecule has 2 aromatic rings. The zero-order valence-corrected chi connectivity index (χ0v) is 12.0. The Bertz CT molecular complexity index is 744.